The van der Waals surface area contributed by atoms with Crippen LogP contribution in [-0.2, 0) is 5.41 Å². The van der Waals surface area contributed by atoms with Gasteiger partial charge in [0.2, 0.25) is 0 Å². The first kappa shape index (κ1) is 19.3. The third-order valence-electron chi connectivity index (χ3n) is 6.38. The highest BCUT2D eigenvalue weighted by molar-refractivity contribution is 5.87. The molecule has 0 unspecified atom stereocenters. The molecule has 0 aliphatic heterocycles. The summed E-state index contributed by atoms with van der Waals surface area (Å²) in [6.45, 7) is 3.15. The minimum atomic E-state index is -1.29. The summed E-state index contributed by atoms with van der Waals surface area (Å²) in [5.74, 6) is -2.48. The van der Waals surface area contributed by atoms with Crippen molar-refractivity contribution in [1.29, 1.82) is 0 Å². The Morgan fingerprint density at radius 2 is 0.935 bits per heavy atom. The second-order valence-electron chi connectivity index (χ2n) is 8.03. The third-order valence-corrected chi connectivity index (χ3v) is 6.38. The molecule has 0 heterocycles. The summed E-state index contributed by atoms with van der Waals surface area (Å²) in [5, 5.41) is 22.0. The first-order chi connectivity index (χ1) is 14.9. The molecular weight excluding hydrogens is 394 g/mol. The molecule has 0 radical (unpaired) electrons. The number of aromatic hydroxyl groups is 2. The lowest BCUT2D eigenvalue weighted by Gasteiger charge is -2.35. The van der Waals surface area contributed by atoms with Crippen molar-refractivity contribution in [3.63, 3.8) is 0 Å². The van der Waals surface area contributed by atoms with E-state index in [0.717, 1.165) is 22.3 Å². The van der Waals surface area contributed by atoms with E-state index in [1.165, 1.54) is 0 Å². The van der Waals surface area contributed by atoms with Gasteiger partial charge in [0.15, 0.2) is 23.1 Å². The van der Waals surface area contributed by atoms with E-state index in [-0.39, 0.29) is 11.1 Å². The second-order valence-corrected chi connectivity index (χ2v) is 8.03. The first-order valence-electron chi connectivity index (χ1n) is 10.1. The zero-order chi connectivity index (χ0) is 21.9. The molecule has 5 rings (SSSR count). The Morgan fingerprint density at radius 3 is 1.35 bits per heavy atom. The molecule has 154 valence electrons. The van der Waals surface area contributed by atoms with Crippen molar-refractivity contribution in [3.8, 4) is 22.6 Å². The van der Waals surface area contributed by atoms with Crippen molar-refractivity contribution in [2.24, 2.45) is 0 Å². The highest BCUT2D eigenvalue weighted by Gasteiger charge is 2.49. The van der Waals surface area contributed by atoms with Crippen molar-refractivity contribution in [3.05, 3.63) is 118 Å². The SMILES string of the molecule is Cc1ccc(C2(c3ccc(C)c(F)c3O)c3ccccc3-c3ccccc32)c(O)c1F. The van der Waals surface area contributed by atoms with Gasteiger partial charge in [-0.3, -0.25) is 0 Å². The maximum Gasteiger partial charge on any atom is 0.168 e. The highest BCUT2D eigenvalue weighted by Crippen LogP contribution is 2.59. The van der Waals surface area contributed by atoms with Gasteiger partial charge in [0, 0.05) is 11.1 Å². The minimum absolute atomic E-state index is 0.256. The van der Waals surface area contributed by atoms with Gasteiger partial charge in [-0.2, -0.15) is 0 Å². The lowest BCUT2D eigenvalue weighted by molar-refractivity contribution is 0.406. The number of hydrogen-bond acceptors (Lipinski definition) is 2. The van der Waals surface area contributed by atoms with Crippen LogP contribution in [0.1, 0.15) is 33.4 Å². The van der Waals surface area contributed by atoms with Crippen LogP contribution >= 0.6 is 0 Å². The number of phenols is 2. The summed E-state index contributed by atoms with van der Waals surface area (Å²) in [6, 6.07) is 21.6. The van der Waals surface area contributed by atoms with Crippen LogP contribution in [0.3, 0.4) is 0 Å². The Balaban J connectivity index is 2.04. The molecule has 4 heteroatoms. The Hall–Kier alpha value is -3.66. The van der Waals surface area contributed by atoms with Crippen molar-refractivity contribution in [1.82, 2.24) is 0 Å². The number of fused-ring (bicyclic) bond motifs is 3. The second kappa shape index (κ2) is 6.67. The zero-order valence-corrected chi connectivity index (χ0v) is 17.1. The lowest BCUT2D eigenvalue weighted by Crippen LogP contribution is -2.29. The van der Waals surface area contributed by atoms with Gasteiger partial charge < -0.3 is 10.2 Å². The van der Waals surface area contributed by atoms with E-state index < -0.39 is 28.5 Å². The predicted molar refractivity (Wildman–Crippen MR) is 116 cm³/mol. The first-order valence-corrected chi connectivity index (χ1v) is 10.1. The summed E-state index contributed by atoms with van der Waals surface area (Å²) in [7, 11) is 0. The molecule has 1 aliphatic carbocycles. The standard InChI is InChI=1S/C27H20F2O2/c1-15-11-13-21(25(30)23(15)28)27(22-14-12-16(2)24(29)26(22)31)19-9-5-3-7-17(19)18-8-4-6-10-20(18)27/h3-14,30-31H,1-2H3. The smallest absolute Gasteiger partial charge is 0.168 e. The maximum atomic E-state index is 14.9. The quantitative estimate of drug-likeness (QED) is 0.353. The average Bonchev–Trinajstić information content (AvgIpc) is 3.07. The molecule has 4 aromatic carbocycles. The molecule has 0 bridgehead atoms. The van der Waals surface area contributed by atoms with E-state index in [4.69, 9.17) is 0 Å². The van der Waals surface area contributed by atoms with Gasteiger partial charge in [-0.15, -0.1) is 0 Å². The zero-order valence-electron chi connectivity index (χ0n) is 17.1. The fourth-order valence-corrected chi connectivity index (χ4v) is 4.90. The Morgan fingerprint density at radius 1 is 0.548 bits per heavy atom. The fraction of sp³-hybridized carbons (Fsp3) is 0.111. The van der Waals surface area contributed by atoms with Crippen molar-refractivity contribution >= 4 is 0 Å². The van der Waals surface area contributed by atoms with Gasteiger partial charge in [-0.05, 0) is 47.2 Å². The third kappa shape index (κ3) is 2.42. The molecule has 1 aliphatic rings. The summed E-state index contributed by atoms with van der Waals surface area (Å²) in [5.41, 5.74) is 3.09. The molecule has 2 nitrogen and oxygen atoms in total. The number of phenolic OH excluding ortho intramolecular Hbond substituents is 2. The normalized spacial score (nSPS) is 13.7. The molecule has 0 amide bonds. The minimum Gasteiger partial charge on any atom is -0.505 e. The highest BCUT2D eigenvalue weighted by atomic mass is 19.1. The van der Waals surface area contributed by atoms with E-state index in [0.29, 0.717) is 11.1 Å². The van der Waals surface area contributed by atoms with Crippen LogP contribution in [0.15, 0.2) is 72.8 Å². The van der Waals surface area contributed by atoms with Gasteiger partial charge in [-0.25, -0.2) is 8.78 Å². The van der Waals surface area contributed by atoms with E-state index in [1.807, 2.05) is 48.5 Å². The summed E-state index contributed by atoms with van der Waals surface area (Å²) >= 11 is 0. The summed E-state index contributed by atoms with van der Waals surface area (Å²) in [6.07, 6.45) is 0. The monoisotopic (exact) mass is 414 g/mol. The van der Waals surface area contributed by atoms with Gasteiger partial charge in [0.05, 0.1) is 5.41 Å². The Bertz CT molecular complexity index is 1250. The van der Waals surface area contributed by atoms with E-state index in [1.54, 1.807) is 38.1 Å². The number of halogens is 2. The summed E-state index contributed by atoms with van der Waals surface area (Å²) < 4.78 is 29.9. The number of aryl methyl sites for hydroxylation is 2. The summed E-state index contributed by atoms with van der Waals surface area (Å²) in [4.78, 5) is 0. The van der Waals surface area contributed by atoms with Crippen LogP contribution in [0.5, 0.6) is 11.5 Å². The number of benzene rings is 4. The number of rotatable bonds is 2. The fourth-order valence-electron chi connectivity index (χ4n) is 4.90. The lowest BCUT2D eigenvalue weighted by atomic mass is 9.66. The van der Waals surface area contributed by atoms with Crippen LogP contribution in [0.2, 0.25) is 0 Å². The van der Waals surface area contributed by atoms with Gasteiger partial charge in [0.25, 0.3) is 0 Å². The molecule has 0 aromatic heterocycles. The largest absolute Gasteiger partial charge is 0.505 e. The molecule has 0 fully saturated rings. The van der Waals surface area contributed by atoms with Gasteiger partial charge >= 0.3 is 0 Å². The van der Waals surface area contributed by atoms with Crippen molar-refractivity contribution in [2.45, 2.75) is 19.3 Å². The molecule has 4 aromatic rings. The maximum absolute atomic E-state index is 14.9. The van der Waals surface area contributed by atoms with Crippen LogP contribution in [0, 0.1) is 25.5 Å². The molecular formula is C27H20F2O2. The molecule has 0 atom stereocenters. The van der Waals surface area contributed by atoms with Crippen LogP contribution in [0.4, 0.5) is 8.78 Å². The predicted octanol–water partition coefficient (Wildman–Crippen LogP) is 6.36. The topological polar surface area (TPSA) is 40.5 Å². The molecule has 31 heavy (non-hydrogen) atoms. The Kier molecular flexibility index (Phi) is 4.16. The average molecular weight is 414 g/mol. The van der Waals surface area contributed by atoms with E-state index >= 15 is 0 Å². The van der Waals surface area contributed by atoms with Crippen LogP contribution < -0.4 is 0 Å². The number of hydrogen-bond donors (Lipinski definition) is 2. The molecule has 0 saturated carbocycles. The van der Waals surface area contributed by atoms with Gasteiger partial charge in [-0.1, -0.05) is 72.8 Å². The van der Waals surface area contributed by atoms with Crippen LogP contribution in [0.25, 0.3) is 11.1 Å². The Labute approximate surface area is 179 Å². The van der Waals surface area contributed by atoms with Crippen LogP contribution in [-0.4, -0.2) is 10.2 Å². The van der Waals surface area contributed by atoms with Crippen molar-refractivity contribution < 1.29 is 19.0 Å². The molecule has 0 spiro atoms. The molecule has 2 N–H and O–H groups in total. The van der Waals surface area contributed by atoms with Crippen molar-refractivity contribution in [2.75, 3.05) is 0 Å². The van der Waals surface area contributed by atoms with E-state index in [9.17, 15) is 19.0 Å². The molecule has 0 saturated heterocycles. The van der Waals surface area contributed by atoms with E-state index in [2.05, 4.69) is 0 Å². The van der Waals surface area contributed by atoms with Gasteiger partial charge in [0.1, 0.15) is 0 Å².